The zero-order chi connectivity index (χ0) is 11.0. The summed E-state index contributed by atoms with van der Waals surface area (Å²) in [6.07, 6.45) is 1.06. The van der Waals surface area contributed by atoms with Crippen LogP contribution in [0.5, 0.6) is 0 Å². The first-order valence-corrected chi connectivity index (χ1v) is 5.88. The number of nitrogens with zero attached hydrogens (tertiary/aromatic N) is 1. The summed E-state index contributed by atoms with van der Waals surface area (Å²) >= 11 is 4.16. The van der Waals surface area contributed by atoms with E-state index in [1.165, 1.54) is 0 Å². The van der Waals surface area contributed by atoms with Gasteiger partial charge >= 0.3 is 0 Å². The van der Waals surface area contributed by atoms with Crippen molar-refractivity contribution in [1.82, 2.24) is 10.6 Å². The maximum absolute atomic E-state index is 4.46. The third-order valence-corrected chi connectivity index (χ3v) is 1.76. The third-order valence-electron chi connectivity index (χ3n) is 1.44. The third kappa shape index (κ3) is 8.23. The molecule has 0 atom stereocenters. The first-order chi connectivity index (χ1) is 6.56. The first kappa shape index (κ1) is 13.6. The highest BCUT2D eigenvalue weighted by molar-refractivity contribution is 7.80. The molecule has 0 aliphatic heterocycles. The van der Waals surface area contributed by atoms with E-state index < -0.39 is 0 Å². The SMILES string of the molecule is CC(C)/N=C(/NCCCS)NC(C)C. The van der Waals surface area contributed by atoms with Crippen molar-refractivity contribution < 1.29 is 0 Å². The maximum atomic E-state index is 4.46. The van der Waals surface area contributed by atoms with Gasteiger partial charge in [0.25, 0.3) is 0 Å². The molecule has 0 rings (SSSR count). The number of hydrogen-bond donors (Lipinski definition) is 3. The van der Waals surface area contributed by atoms with Crippen LogP contribution in [0.1, 0.15) is 34.1 Å². The van der Waals surface area contributed by atoms with Crippen LogP contribution in [-0.4, -0.2) is 30.3 Å². The largest absolute Gasteiger partial charge is 0.356 e. The van der Waals surface area contributed by atoms with E-state index in [1.54, 1.807) is 0 Å². The molecule has 0 aliphatic rings. The molecule has 4 heteroatoms. The molecule has 84 valence electrons. The summed E-state index contributed by atoms with van der Waals surface area (Å²) < 4.78 is 0. The lowest BCUT2D eigenvalue weighted by atomic mass is 10.4. The normalized spacial score (nSPS) is 12.4. The van der Waals surface area contributed by atoms with Crippen LogP contribution in [-0.2, 0) is 0 Å². The van der Waals surface area contributed by atoms with Gasteiger partial charge in [-0.05, 0) is 39.9 Å². The molecule has 2 N–H and O–H groups in total. The molecule has 0 aromatic rings. The predicted molar refractivity (Wildman–Crippen MR) is 67.3 cm³/mol. The smallest absolute Gasteiger partial charge is 0.191 e. The Labute approximate surface area is 93.2 Å². The number of guanidine groups is 1. The van der Waals surface area contributed by atoms with Crippen LogP contribution in [0.2, 0.25) is 0 Å². The van der Waals surface area contributed by atoms with Crippen molar-refractivity contribution in [3.05, 3.63) is 0 Å². The number of hydrogen-bond acceptors (Lipinski definition) is 2. The van der Waals surface area contributed by atoms with Crippen molar-refractivity contribution in [3.8, 4) is 0 Å². The van der Waals surface area contributed by atoms with Crippen LogP contribution in [0.4, 0.5) is 0 Å². The van der Waals surface area contributed by atoms with E-state index in [0.717, 1.165) is 24.7 Å². The molecule has 0 amide bonds. The zero-order valence-electron chi connectivity index (χ0n) is 9.67. The van der Waals surface area contributed by atoms with Gasteiger partial charge in [-0.2, -0.15) is 12.6 Å². The summed E-state index contributed by atoms with van der Waals surface area (Å²) in [6.45, 7) is 9.28. The molecule has 0 fully saturated rings. The summed E-state index contributed by atoms with van der Waals surface area (Å²) in [5.74, 6) is 1.81. The molecular weight excluding hydrogens is 194 g/mol. The lowest BCUT2D eigenvalue weighted by Gasteiger charge is -2.15. The molecule has 0 saturated heterocycles. The highest BCUT2D eigenvalue weighted by Crippen LogP contribution is 1.88. The van der Waals surface area contributed by atoms with Crippen LogP contribution in [0.15, 0.2) is 4.99 Å². The number of aliphatic imine (C=N–C) groups is 1. The van der Waals surface area contributed by atoms with Gasteiger partial charge in [0.05, 0.1) is 0 Å². The summed E-state index contributed by atoms with van der Waals surface area (Å²) in [4.78, 5) is 4.46. The van der Waals surface area contributed by atoms with Crippen LogP contribution >= 0.6 is 12.6 Å². The molecule has 0 aliphatic carbocycles. The fourth-order valence-electron chi connectivity index (χ4n) is 0.951. The fraction of sp³-hybridized carbons (Fsp3) is 0.900. The summed E-state index contributed by atoms with van der Waals surface area (Å²) in [7, 11) is 0. The molecule has 0 unspecified atom stereocenters. The average Bonchev–Trinajstić information content (AvgIpc) is 2.02. The minimum absolute atomic E-state index is 0.319. The lowest BCUT2D eigenvalue weighted by molar-refractivity contribution is 0.681. The molecule has 3 nitrogen and oxygen atoms in total. The quantitative estimate of drug-likeness (QED) is 0.283. The molecule has 0 aromatic carbocycles. The Kier molecular flexibility index (Phi) is 7.76. The molecule has 0 aromatic heterocycles. The van der Waals surface area contributed by atoms with E-state index in [0.29, 0.717) is 12.1 Å². The molecule has 0 spiro atoms. The monoisotopic (exact) mass is 217 g/mol. The second-order valence-electron chi connectivity index (χ2n) is 3.87. The first-order valence-electron chi connectivity index (χ1n) is 5.25. The van der Waals surface area contributed by atoms with Crippen LogP contribution < -0.4 is 10.6 Å². The Morgan fingerprint density at radius 3 is 2.36 bits per heavy atom. The van der Waals surface area contributed by atoms with Gasteiger partial charge in [-0.3, -0.25) is 4.99 Å². The maximum Gasteiger partial charge on any atom is 0.191 e. The topological polar surface area (TPSA) is 36.4 Å². The second kappa shape index (κ2) is 7.97. The molecule has 0 heterocycles. The van der Waals surface area contributed by atoms with Gasteiger partial charge in [0, 0.05) is 18.6 Å². The minimum atomic E-state index is 0.319. The van der Waals surface area contributed by atoms with E-state index in [9.17, 15) is 0 Å². The van der Waals surface area contributed by atoms with Crippen molar-refractivity contribution in [1.29, 1.82) is 0 Å². The fourth-order valence-corrected chi connectivity index (χ4v) is 1.11. The Bertz CT molecular complexity index is 167. The average molecular weight is 217 g/mol. The van der Waals surface area contributed by atoms with Crippen molar-refractivity contribution in [2.75, 3.05) is 12.3 Å². The molecule has 0 saturated carbocycles. The molecule has 0 bridgehead atoms. The Morgan fingerprint density at radius 1 is 1.29 bits per heavy atom. The Morgan fingerprint density at radius 2 is 1.93 bits per heavy atom. The van der Waals surface area contributed by atoms with Gasteiger partial charge in [-0.15, -0.1) is 0 Å². The molecule has 0 radical (unpaired) electrons. The van der Waals surface area contributed by atoms with E-state index in [-0.39, 0.29) is 0 Å². The molecular formula is C10H23N3S. The number of thiol groups is 1. The Hall–Kier alpha value is -0.380. The van der Waals surface area contributed by atoms with E-state index >= 15 is 0 Å². The van der Waals surface area contributed by atoms with Gasteiger partial charge in [0.15, 0.2) is 5.96 Å². The molecule has 14 heavy (non-hydrogen) atoms. The van der Waals surface area contributed by atoms with Crippen molar-refractivity contribution in [2.45, 2.75) is 46.2 Å². The van der Waals surface area contributed by atoms with Crippen molar-refractivity contribution in [3.63, 3.8) is 0 Å². The zero-order valence-corrected chi connectivity index (χ0v) is 10.6. The van der Waals surface area contributed by atoms with Gasteiger partial charge in [0.2, 0.25) is 0 Å². The standard InChI is InChI=1S/C10H23N3S/c1-8(2)12-10(13-9(3)4)11-6-5-7-14/h8-9,14H,5-7H2,1-4H3,(H2,11,12,13). The second-order valence-corrected chi connectivity index (χ2v) is 4.32. The van der Waals surface area contributed by atoms with Gasteiger partial charge < -0.3 is 10.6 Å². The van der Waals surface area contributed by atoms with E-state index in [2.05, 4.69) is 55.9 Å². The highest BCUT2D eigenvalue weighted by atomic mass is 32.1. The summed E-state index contributed by atoms with van der Waals surface area (Å²) in [6, 6.07) is 0.732. The van der Waals surface area contributed by atoms with E-state index in [4.69, 9.17) is 0 Å². The highest BCUT2D eigenvalue weighted by Gasteiger charge is 2.00. The van der Waals surface area contributed by atoms with Gasteiger partial charge in [-0.25, -0.2) is 0 Å². The van der Waals surface area contributed by atoms with E-state index in [1.807, 2.05) is 0 Å². The Balaban J connectivity index is 3.98. The lowest BCUT2D eigenvalue weighted by Crippen LogP contribution is -2.42. The summed E-state index contributed by atoms with van der Waals surface area (Å²) in [5, 5.41) is 6.56. The van der Waals surface area contributed by atoms with Crippen LogP contribution in [0.3, 0.4) is 0 Å². The number of nitrogens with one attached hydrogen (secondary N) is 2. The van der Waals surface area contributed by atoms with Gasteiger partial charge in [0.1, 0.15) is 0 Å². The summed E-state index contributed by atoms with van der Waals surface area (Å²) in [5.41, 5.74) is 0. The van der Waals surface area contributed by atoms with Crippen molar-refractivity contribution in [2.24, 2.45) is 4.99 Å². The minimum Gasteiger partial charge on any atom is -0.356 e. The number of rotatable bonds is 5. The van der Waals surface area contributed by atoms with Crippen LogP contribution in [0, 0.1) is 0 Å². The van der Waals surface area contributed by atoms with Gasteiger partial charge in [-0.1, -0.05) is 0 Å². The van der Waals surface area contributed by atoms with Crippen molar-refractivity contribution >= 4 is 18.6 Å². The van der Waals surface area contributed by atoms with Crippen LogP contribution in [0.25, 0.3) is 0 Å². The predicted octanol–water partition coefficient (Wildman–Crippen LogP) is 1.66.